The highest BCUT2D eigenvalue weighted by Gasteiger charge is 1.98. The zero-order chi connectivity index (χ0) is 8.55. The summed E-state index contributed by atoms with van der Waals surface area (Å²) in [5, 5.41) is 0. The summed E-state index contributed by atoms with van der Waals surface area (Å²) in [5.41, 5.74) is 2.61. The van der Waals surface area contributed by atoms with Gasteiger partial charge in [-0.05, 0) is 30.7 Å². The average Bonchev–Trinajstić information content (AvgIpc) is 2.46. The molecule has 0 aliphatic heterocycles. The predicted molar refractivity (Wildman–Crippen MR) is 54.5 cm³/mol. The Labute approximate surface area is 80.1 Å². The number of hydrogen-bond donors (Lipinski definition) is 0. The molecule has 0 aliphatic carbocycles. The second kappa shape index (κ2) is 2.94. The van der Waals surface area contributed by atoms with Gasteiger partial charge in [-0.15, -0.1) is 0 Å². The number of halogens is 1. The minimum atomic E-state index is 1.08. The monoisotopic (exact) mass is 223 g/mol. The van der Waals surface area contributed by atoms with Gasteiger partial charge in [0.25, 0.3) is 0 Å². The van der Waals surface area contributed by atoms with Gasteiger partial charge in [-0.2, -0.15) is 0 Å². The maximum Gasteiger partial charge on any atom is 0.0464 e. The van der Waals surface area contributed by atoms with Crippen molar-refractivity contribution < 1.29 is 0 Å². The van der Waals surface area contributed by atoms with Crippen molar-refractivity contribution in [2.24, 2.45) is 0 Å². The molecular weight excluding hydrogens is 214 g/mol. The van der Waals surface area contributed by atoms with Crippen molar-refractivity contribution in [2.75, 3.05) is 0 Å². The molecule has 0 aromatic carbocycles. The molecule has 0 saturated carbocycles. The number of aromatic nitrogens is 1. The molecule has 2 heterocycles. The average molecular weight is 224 g/mol. The number of aryl methyl sites for hydroxylation is 1. The zero-order valence-electron chi connectivity index (χ0n) is 6.92. The van der Waals surface area contributed by atoms with Crippen LogP contribution in [0, 0.1) is 0 Å². The van der Waals surface area contributed by atoms with Gasteiger partial charge in [0.05, 0.1) is 0 Å². The molecule has 0 unspecified atom stereocenters. The number of pyridine rings is 1. The smallest absolute Gasteiger partial charge is 0.0464 e. The Balaban J connectivity index is 2.73. The minimum Gasteiger partial charge on any atom is -0.321 e. The highest BCUT2D eigenvalue weighted by Crippen LogP contribution is 2.16. The molecule has 2 aromatic rings. The molecular formula is C10H10BrN. The maximum atomic E-state index is 3.45. The molecule has 0 radical (unpaired) electrons. The van der Waals surface area contributed by atoms with Gasteiger partial charge in [-0.25, -0.2) is 0 Å². The molecule has 0 fully saturated rings. The van der Waals surface area contributed by atoms with Crippen LogP contribution in [0.5, 0.6) is 0 Å². The van der Waals surface area contributed by atoms with E-state index in [1.165, 1.54) is 11.2 Å². The normalized spacial score (nSPS) is 10.8. The van der Waals surface area contributed by atoms with Gasteiger partial charge in [-0.1, -0.05) is 22.9 Å². The van der Waals surface area contributed by atoms with Crippen LogP contribution < -0.4 is 0 Å². The van der Waals surface area contributed by atoms with E-state index in [9.17, 15) is 0 Å². The Kier molecular flexibility index (Phi) is 1.93. The van der Waals surface area contributed by atoms with E-state index in [1.807, 2.05) is 0 Å². The molecule has 0 spiro atoms. The van der Waals surface area contributed by atoms with Crippen LogP contribution in [0.15, 0.2) is 34.9 Å². The van der Waals surface area contributed by atoms with Crippen LogP contribution in [0.25, 0.3) is 5.52 Å². The van der Waals surface area contributed by atoms with Gasteiger partial charge in [0, 0.05) is 21.9 Å². The number of nitrogens with zero attached hydrogens (tertiary/aromatic N) is 1. The molecule has 0 atom stereocenters. The van der Waals surface area contributed by atoms with Crippen LogP contribution in [0.4, 0.5) is 0 Å². The third-order valence-corrected chi connectivity index (χ3v) is 2.56. The predicted octanol–water partition coefficient (Wildman–Crippen LogP) is 3.26. The van der Waals surface area contributed by atoms with E-state index in [0.29, 0.717) is 0 Å². The summed E-state index contributed by atoms with van der Waals surface area (Å²) >= 11 is 3.45. The maximum absolute atomic E-state index is 3.45. The summed E-state index contributed by atoms with van der Waals surface area (Å²) in [4.78, 5) is 0. The van der Waals surface area contributed by atoms with Crippen molar-refractivity contribution in [1.82, 2.24) is 4.40 Å². The van der Waals surface area contributed by atoms with Gasteiger partial charge in [-0.3, -0.25) is 0 Å². The molecule has 0 aliphatic rings. The molecule has 0 saturated heterocycles. The summed E-state index contributed by atoms with van der Waals surface area (Å²) in [6.07, 6.45) is 3.17. The van der Waals surface area contributed by atoms with Crippen LogP contribution in [0.3, 0.4) is 0 Å². The molecule has 0 amide bonds. The summed E-state index contributed by atoms with van der Waals surface area (Å²) in [7, 11) is 0. The third-order valence-electron chi connectivity index (χ3n) is 2.06. The summed E-state index contributed by atoms with van der Waals surface area (Å²) in [6, 6.07) is 8.50. The molecule has 12 heavy (non-hydrogen) atoms. The summed E-state index contributed by atoms with van der Waals surface area (Å²) < 4.78 is 3.35. The largest absolute Gasteiger partial charge is 0.321 e. The van der Waals surface area contributed by atoms with Crippen LogP contribution >= 0.6 is 15.9 Å². The molecule has 2 heteroatoms. The molecule has 2 aromatic heterocycles. The quantitative estimate of drug-likeness (QED) is 0.700. The first-order chi connectivity index (χ1) is 5.81. The van der Waals surface area contributed by atoms with Crippen molar-refractivity contribution in [3.8, 4) is 0 Å². The van der Waals surface area contributed by atoms with Gasteiger partial charge in [0.15, 0.2) is 0 Å². The highest BCUT2D eigenvalue weighted by molar-refractivity contribution is 9.10. The molecule has 2 rings (SSSR count). The van der Waals surface area contributed by atoms with Gasteiger partial charge >= 0.3 is 0 Å². The standard InChI is InChI=1S/C10H10BrN/c1-2-9-3-4-10-7-8(11)5-6-12(9)10/h3-7H,2H2,1H3. The fourth-order valence-corrected chi connectivity index (χ4v) is 1.78. The highest BCUT2D eigenvalue weighted by atomic mass is 79.9. The summed E-state index contributed by atoms with van der Waals surface area (Å²) in [5.74, 6) is 0. The lowest BCUT2D eigenvalue weighted by atomic mass is 10.3. The first-order valence-corrected chi connectivity index (χ1v) is 4.86. The second-order valence-corrected chi connectivity index (χ2v) is 3.73. The Morgan fingerprint density at radius 2 is 2.17 bits per heavy atom. The van der Waals surface area contributed by atoms with E-state index < -0.39 is 0 Å². The lowest BCUT2D eigenvalue weighted by molar-refractivity contribution is 0.994. The van der Waals surface area contributed by atoms with E-state index in [1.54, 1.807) is 0 Å². The van der Waals surface area contributed by atoms with E-state index >= 15 is 0 Å². The summed E-state index contributed by atoms with van der Waals surface area (Å²) in [6.45, 7) is 2.17. The molecule has 0 bridgehead atoms. The first-order valence-electron chi connectivity index (χ1n) is 4.07. The Bertz CT molecular complexity index is 403. The molecule has 0 N–H and O–H groups in total. The Morgan fingerprint density at radius 3 is 2.92 bits per heavy atom. The first kappa shape index (κ1) is 7.87. The Morgan fingerprint density at radius 1 is 1.33 bits per heavy atom. The Hall–Kier alpha value is -0.760. The second-order valence-electron chi connectivity index (χ2n) is 2.82. The van der Waals surface area contributed by atoms with Crippen LogP contribution in [0.2, 0.25) is 0 Å². The fourth-order valence-electron chi connectivity index (χ4n) is 1.43. The van der Waals surface area contributed by atoms with Gasteiger partial charge in [0.1, 0.15) is 0 Å². The SMILES string of the molecule is CCc1ccc2cc(Br)ccn12. The van der Waals surface area contributed by atoms with Crippen molar-refractivity contribution >= 4 is 21.4 Å². The van der Waals surface area contributed by atoms with Crippen molar-refractivity contribution in [1.29, 1.82) is 0 Å². The minimum absolute atomic E-state index is 1.08. The van der Waals surface area contributed by atoms with E-state index in [0.717, 1.165) is 10.9 Å². The third kappa shape index (κ3) is 1.16. The number of hydrogen-bond acceptors (Lipinski definition) is 0. The lowest BCUT2D eigenvalue weighted by Crippen LogP contribution is -1.88. The van der Waals surface area contributed by atoms with Crippen molar-refractivity contribution in [3.63, 3.8) is 0 Å². The van der Waals surface area contributed by atoms with E-state index in [4.69, 9.17) is 0 Å². The van der Waals surface area contributed by atoms with Crippen LogP contribution in [-0.2, 0) is 6.42 Å². The van der Waals surface area contributed by atoms with E-state index in [-0.39, 0.29) is 0 Å². The van der Waals surface area contributed by atoms with Crippen molar-refractivity contribution in [2.45, 2.75) is 13.3 Å². The number of fused-ring (bicyclic) bond motifs is 1. The topological polar surface area (TPSA) is 4.41 Å². The molecule has 1 nitrogen and oxygen atoms in total. The number of rotatable bonds is 1. The fraction of sp³-hybridized carbons (Fsp3) is 0.200. The van der Waals surface area contributed by atoms with Gasteiger partial charge < -0.3 is 4.40 Å². The van der Waals surface area contributed by atoms with Crippen molar-refractivity contribution in [3.05, 3.63) is 40.6 Å². The zero-order valence-corrected chi connectivity index (χ0v) is 8.51. The lowest BCUT2D eigenvalue weighted by Gasteiger charge is -1.99. The van der Waals surface area contributed by atoms with E-state index in [2.05, 4.69) is 57.7 Å². The molecule has 62 valence electrons. The van der Waals surface area contributed by atoms with Crippen LogP contribution in [0.1, 0.15) is 12.6 Å². The van der Waals surface area contributed by atoms with Gasteiger partial charge in [0.2, 0.25) is 0 Å². The van der Waals surface area contributed by atoms with Crippen LogP contribution in [-0.4, -0.2) is 4.40 Å².